The highest BCUT2D eigenvalue weighted by Gasteiger charge is 2.56. The van der Waals surface area contributed by atoms with Crippen LogP contribution in [-0.4, -0.2) is 74.9 Å². The standard InChI is InChI=1S/C30H31F2N7O3/c1-33-19-8-18(31)23(32)21-22-25(39-12-20(37(2)3)30(13-39)5-6-30)16(10-34-27(22)36-24(19)21)14-7-15-26(40)17(29(41)42)11-38(4)28(15)35-9-14/h7-11,20,29,33,41-42H,5-6,12-13H2,1-4H3,(H,34,36). The summed E-state index contributed by atoms with van der Waals surface area (Å²) in [7, 11) is 7.44. The maximum absolute atomic E-state index is 15.7. The minimum absolute atomic E-state index is 0.103. The van der Waals surface area contributed by atoms with Gasteiger partial charge < -0.3 is 34.9 Å². The van der Waals surface area contributed by atoms with Crippen LogP contribution >= 0.6 is 0 Å². The Morgan fingerprint density at radius 1 is 1.17 bits per heavy atom. The number of rotatable bonds is 5. The molecule has 5 heterocycles. The van der Waals surface area contributed by atoms with Crippen molar-refractivity contribution in [3.8, 4) is 11.1 Å². The van der Waals surface area contributed by atoms with E-state index >= 15 is 4.39 Å². The van der Waals surface area contributed by atoms with Crippen LogP contribution in [0.25, 0.3) is 44.1 Å². The Balaban J connectivity index is 1.55. The number of anilines is 2. The highest BCUT2D eigenvalue weighted by molar-refractivity contribution is 6.18. The molecule has 0 amide bonds. The first kappa shape index (κ1) is 26.7. The van der Waals surface area contributed by atoms with Crippen molar-refractivity contribution in [2.45, 2.75) is 25.2 Å². The topological polar surface area (TPSA) is 123 Å². The SMILES string of the molecule is CNc1cc(F)c(F)c2c1[nH]c1ncc(-c3cnc4c(c3)c(=O)c(C(O)O)cn4C)c(N3CC(N(C)C)C4(CC4)C3)c12. The molecule has 4 aromatic heterocycles. The first-order valence-electron chi connectivity index (χ1n) is 13.8. The lowest BCUT2D eigenvalue weighted by molar-refractivity contribution is -0.0435. The minimum Gasteiger partial charge on any atom is -0.386 e. The average molecular weight is 576 g/mol. The second kappa shape index (κ2) is 9.18. The van der Waals surface area contributed by atoms with Crippen molar-refractivity contribution in [2.75, 3.05) is 44.4 Å². The Hall–Kier alpha value is -4.13. The molecular formula is C30H31F2N7O3. The Morgan fingerprint density at radius 3 is 2.57 bits per heavy atom. The number of aliphatic hydroxyl groups excluding tert-OH is 1. The fraction of sp³-hybridized carbons (Fsp3) is 0.367. The van der Waals surface area contributed by atoms with Gasteiger partial charge in [-0.05, 0) is 33.0 Å². The van der Waals surface area contributed by atoms with Gasteiger partial charge in [-0.1, -0.05) is 0 Å². The summed E-state index contributed by atoms with van der Waals surface area (Å²) >= 11 is 0. The molecule has 2 fully saturated rings. The largest absolute Gasteiger partial charge is 0.386 e. The van der Waals surface area contributed by atoms with E-state index in [4.69, 9.17) is 0 Å². The highest BCUT2D eigenvalue weighted by atomic mass is 19.2. The summed E-state index contributed by atoms with van der Waals surface area (Å²) in [6.45, 7) is 1.40. The summed E-state index contributed by atoms with van der Waals surface area (Å²) in [5, 5.41) is 23.3. The van der Waals surface area contributed by atoms with Gasteiger partial charge in [0.25, 0.3) is 0 Å². The molecule has 4 N–H and O–H groups in total. The van der Waals surface area contributed by atoms with E-state index in [1.165, 1.54) is 6.20 Å². The fourth-order valence-electron chi connectivity index (χ4n) is 6.89. The number of nitrogens with one attached hydrogen (secondary N) is 2. The molecule has 0 radical (unpaired) electrons. The van der Waals surface area contributed by atoms with E-state index in [0.717, 1.165) is 25.5 Å². The van der Waals surface area contributed by atoms with Crippen LogP contribution in [0, 0.1) is 17.0 Å². The van der Waals surface area contributed by atoms with E-state index in [9.17, 15) is 19.4 Å². The maximum atomic E-state index is 15.7. The van der Waals surface area contributed by atoms with Gasteiger partial charge in [-0.3, -0.25) is 4.79 Å². The number of nitrogens with zero attached hydrogens (tertiary/aromatic N) is 5. The van der Waals surface area contributed by atoms with Crippen molar-refractivity contribution in [1.29, 1.82) is 0 Å². The number of H-pyrrole nitrogens is 1. The first-order chi connectivity index (χ1) is 20.0. The molecule has 1 aromatic carbocycles. The highest BCUT2D eigenvalue weighted by Crippen LogP contribution is 2.56. The summed E-state index contributed by atoms with van der Waals surface area (Å²) in [6.07, 6.45) is 4.86. The van der Waals surface area contributed by atoms with Crippen LogP contribution in [0.15, 0.2) is 35.5 Å². The van der Waals surface area contributed by atoms with Gasteiger partial charge in [0.1, 0.15) is 11.3 Å². The molecular weight excluding hydrogens is 544 g/mol. The molecule has 0 bridgehead atoms. The van der Waals surface area contributed by atoms with E-state index in [0.29, 0.717) is 51.2 Å². The summed E-state index contributed by atoms with van der Waals surface area (Å²) < 4.78 is 32.2. The number of aliphatic hydroxyl groups is 2. The second-order valence-corrected chi connectivity index (χ2v) is 11.8. The van der Waals surface area contributed by atoms with Crippen LogP contribution in [0.4, 0.5) is 20.2 Å². The molecule has 7 rings (SSSR count). The quantitative estimate of drug-likeness (QED) is 0.235. The van der Waals surface area contributed by atoms with Gasteiger partial charge in [0.05, 0.1) is 38.6 Å². The number of halogens is 2. The van der Waals surface area contributed by atoms with Crippen molar-refractivity contribution < 1.29 is 19.0 Å². The molecule has 1 aliphatic carbocycles. The lowest BCUT2D eigenvalue weighted by Crippen LogP contribution is -2.36. The Kier molecular flexibility index (Phi) is 5.85. The van der Waals surface area contributed by atoms with Crippen LogP contribution in [0.5, 0.6) is 0 Å². The molecule has 12 heteroatoms. The van der Waals surface area contributed by atoms with Crippen LogP contribution < -0.4 is 15.6 Å². The number of hydrogen-bond donors (Lipinski definition) is 4. The Labute approximate surface area is 239 Å². The van der Waals surface area contributed by atoms with Crippen LogP contribution in [0.3, 0.4) is 0 Å². The molecule has 218 valence electrons. The van der Waals surface area contributed by atoms with Gasteiger partial charge in [0.15, 0.2) is 23.4 Å². The fourth-order valence-corrected chi connectivity index (χ4v) is 6.89. The van der Waals surface area contributed by atoms with E-state index < -0.39 is 23.4 Å². The van der Waals surface area contributed by atoms with Gasteiger partial charge >= 0.3 is 0 Å². The third-order valence-electron chi connectivity index (χ3n) is 9.10. The van der Waals surface area contributed by atoms with Crippen molar-refractivity contribution in [1.82, 2.24) is 24.4 Å². The first-order valence-corrected chi connectivity index (χ1v) is 13.8. The zero-order valence-electron chi connectivity index (χ0n) is 23.7. The number of pyridine rings is 3. The molecule has 1 aliphatic heterocycles. The third-order valence-corrected chi connectivity index (χ3v) is 9.10. The lowest BCUT2D eigenvalue weighted by atomic mass is 10.00. The van der Waals surface area contributed by atoms with Crippen LogP contribution in [0.2, 0.25) is 0 Å². The van der Waals surface area contributed by atoms with Gasteiger partial charge in [0.2, 0.25) is 0 Å². The van der Waals surface area contributed by atoms with E-state index in [2.05, 4.69) is 44.2 Å². The van der Waals surface area contributed by atoms with E-state index in [-0.39, 0.29) is 27.8 Å². The Bertz CT molecular complexity index is 1980. The number of benzene rings is 1. The predicted octanol–water partition coefficient (Wildman–Crippen LogP) is 3.46. The normalized spacial score (nSPS) is 18.0. The summed E-state index contributed by atoms with van der Waals surface area (Å²) in [4.78, 5) is 30.1. The van der Waals surface area contributed by atoms with Crippen molar-refractivity contribution >= 4 is 44.3 Å². The van der Waals surface area contributed by atoms with Crippen LogP contribution in [-0.2, 0) is 7.05 Å². The number of likely N-dealkylation sites (N-methyl/N-ethyl adjacent to an activating group) is 1. The molecule has 2 aliphatic rings. The zero-order chi connectivity index (χ0) is 29.7. The van der Waals surface area contributed by atoms with Crippen molar-refractivity contribution in [2.24, 2.45) is 12.5 Å². The van der Waals surface area contributed by atoms with Gasteiger partial charge in [0, 0.05) is 74.4 Å². The number of aryl methyl sites for hydroxylation is 1. The molecule has 5 aromatic rings. The smallest absolute Gasteiger partial charge is 0.199 e. The predicted molar refractivity (Wildman–Crippen MR) is 158 cm³/mol. The van der Waals surface area contributed by atoms with E-state index in [1.807, 2.05) is 0 Å². The number of aromatic nitrogens is 4. The van der Waals surface area contributed by atoms with E-state index in [1.54, 1.807) is 37.1 Å². The Morgan fingerprint density at radius 2 is 1.93 bits per heavy atom. The zero-order valence-corrected chi connectivity index (χ0v) is 23.7. The summed E-state index contributed by atoms with van der Waals surface area (Å²) in [5.41, 5.74) is 2.83. The van der Waals surface area contributed by atoms with Crippen molar-refractivity contribution in [3.05, 3.63) is 58.1 Å². The summed E-state index contributed by atoms with van der Waals surface area (Å²) in [5.74, 6) is -1.94. The van der Waals surface area contributed by atoms with Gasteiger partial charge in [-0.2, -0.15) is 0 Å². The van der Waals surface area contributed by atoms with Crippen molar-refractivity contribution in [3.63, 3.8) is 0 Å². The molecule has 1 spiro atoms. The molecule has 1 saturated heterocycles. The second-order valence-electron chi connectivity index (χ2n) is 11.8. The maximum Gasteiger partial charge on any atom is 0.199 e. The van der Waals surface area contributed by atoms with Gasteiger partial charge in [-0.15, -0.1) is 0 Å². The van der Waals surface area contributed by atoms with Gasteiger partial charge in [-0.25, -0.2) is 18.7 Å². The monoisotopic (exact) mass is 575 g/mol. The molecule has 1 unspecified atom stereocenters. The molecule has 1 saturated carbocycles. The number of aromatic amines is 1. The average Bonchev–Trinajstić information content (AvgIpc) is 3.46. The summed E-state index contributed by atoms with van der Waals surface area (Å²) in [6, 6.07) is 3.05. The molecule has 1 atom stereocenters. The number of hydrogen-bond acceptors (Lipinski definition) is 8. The van der Waals surface area contributed by atoms with Crippen LogP contribution in [0.1, 0.15) is 24.7 Å². The lowest BCUT2D eigenvalue weighted by Gasteiger charge is -2.25. The number of fused-ring (bicyclic) bond motifs is 4. The molecule has 42 heavy (non-hydrogen) atoms. The molecule has 10 nitrogen and oxygen atoms in total. The minimum atomic E-state index is -1.95. The third kappa shape index (κ3) is 3.75.